The fourth-order valence-corrected chi connectivity index (χ4v) is 2.69. The molecule has 0 aliphatic heterocycles. The molecule has 0 spiro atoms. The Balaban J connectivity index is 1.97. The second-order valence-corrected chi connectivity index (χ2v) is 4.98. The minimum Gasteiger partial charge on any atom is -0.443 e. The van der Waals surface area contributed by atoms with Crippen LogP contribution in [0.3, 0.4) is 0 Å². The molecule has 3 rings (SSSR count). The molecule has 4 N–H and O–H groups in total. The van der Waals surface area contributed by atoms with Gasteiger partial charge in [0, 0.05) is 11.5 Å². The lowest BCUT2D eigenvalue weighted by Gasteiger charge is -2.45. The third kappa shape index (κ3) is 1.56. The van der Waals surface area contributed by atoms with Crippen LogP contribution >= 0.6 is 0 Å². The van der Waals surface area contributed by atoms with Crippen LogP contribution in [0.1, 0.15) is 30.9 Å². The Kier molecular flexibility index (Phi) is 2.42. The van der Waals surface area contributed by atoms with E-state index in [0.29, 0.717) is 6.54 Å². The highest BCUT2D eigenvalue weighted by Crippen LogP contribution is 2.48. The van der Waals surface area contributed by atoms with Gasteiger partial charge in [0.15, 0.2) is 12.0 Å². The lowest BCUT2D eigenvalue weighted by molar-refractivity contribution is 0.105. The van der Waals surface area contributed by atoms with Crippen molar-refractivity contribution >= 4 is 11.1 Å². The molecular weight excluding hydrogens is 214 g/mol. The maximum atomic E-state index is 6.36. The van der Waals surface area contributed by atoms with E-state index in [9.17, 15) is 0 Å². The number of hydrogen-bond donors (Lipinski definition) is 2. The number of fused-ring (bicyclic) bond motifs is 1. The van der Waals surface area contributed by atoms with E-state index in [2.05, 4.69) is 4.98 Å². The first-order chi connectivity index (χ1) is 8.25. The van der Waals surface area contributed by atoms with E-state index >= 15 is 0 Å². The highest BCUT2D eigenvalue weighted by Gasteiger charge is 2.41. The van der Waals surface area contributed by atoms with Crippen LogP contribution in [0.5, 0.6) is 0 Å². The lowest BCUT2D eigenvalue weighted by Crippen LogP contribution is -2.46. The SMILES string of the molecule is NCC1(C(N)c2ccc3ncoc3c2)CCC1. The highest BCUT2D eigenvalue weighted by atomic mass is 16.3. The molecule has 0 amide bonds. The van der Waals surface area contributed by atoms with Crippen molar-refractivity contribution in [2.24, 2.45) is 16.9 Å². The Morgan fingerprint density at radius 3 is 2.88 bits per heavy atom. The Morgan fingerprint density at radius 1 is 1.41 bits per heavy atom. The van der Waals surface area contributed by atoms with Crippen molar-refractivity contribution in [3.05, 3.63) is 30.2 Å². The Morgan fingerprint density at radius 2 is 2.24 bits per heavy atom. The summed E-state index contributed by atoms with van der Waals surface area (Å²) in [5, 5.41) is 0. The first-order valence-corrected chi connectivity index (χ1v) is 6.04. The average molecular weight is 231 g/mol. The number of rotatable bonds is 3. The number of aromatic nitrogens is 1. The van der Waals surface area contributed by atoms with Gasteiger partial charge in [0.05, 0.1) is 0 Å². The molecule has 1 aromatic heterocycles. The van der Waals surface area contributed by atoms with Crippen molar-refractivity contribution in [2.45, 2.75) is 25.3 Å². The second kappa shape index (κ2) is 3.82. The van der Waals surface area contributed by atoms with Gasteiger partial charge in [-0.25, -0.2) is 4.98 Å². The molecule has 17 heavy (non-hydrogen) atoms. The zero-order valence-corrected chi connectivity index (χ0v) is 9.73. The van der Waals surface area contributed by atoms with Gasteiger partial charge in [-0.05, 0) is 37.1 Å². The van der Waals surface area contributed by atoms with Gasteiger partial charge in [-0.3, -0.25) is 0 Å². The van der Waals surface area contributed by atoms with Gasteiger partial charge in [-0.2, -0.15) is 0 Å². The van der Waals surface area contributed by atoms with Gasteiger partial charge in [-0.15, -0.1) is 0 Å². The minimum atomic E-state index is -0.00394. The van der Waals surface area contributed by atoms with Crippen LogP contribution in [-0.2, 0) is 0 Å². The van der Waals surface area contributed by atoms with E-state index < -0.39 is 0 Å². The molecule has 2 aromatic rings. The highest BCUT2D eigenvalue weighted by molar-refractivity contribution is 5.72. The molecule has 1 saturated carbocycles. The largest absolute Gasteiger partial charge is 0.443 e. The van der Waals surface area contributed by atoms with Crippen molar-refractivity contribution < 1.29 is 4.42 Å². The third-order valence-corrected chi connectivity index (χ3v) is 4.13. The zero-order chi connectivity index (χ0) is 11.9. The molecule has 0 bridgehead atoms. The summed E-state index contributed by atoms with van der Waals surface area (Å²) in [6, 6.07) is 5.97. The van der Waals surface area contributed by atoms with Crippen LogP contribution in [0.4, 0.5) is 0 Å². The molecule has 0 saturated heterocycles. The van der Waals surface area contributed by atoms with Crippen molar-refractivity contribution in [1.29, 1.82) is 0 Å². The molecule has 1 aliphatic rings. The number of oxazole rings is 1. The van der Waals surface area contributed by atoms with Crippen molar-refractivity contribution in [3.63, 3.8) is 0 Å². The smallest absolute Gasteiger partial charge is 0.181 e. The van der Waals surface area contributed by atoms with Crippen LogP contribution in [0.2, 0.25) is 0 Å². The predicted octanol–water partition coefficient (Wildman–Crippen LogP) is 1.96. The van der Waals surface area contributed by atoms with Crippen molar-refractivity contribution in [1.82, 2.24) is 4.98 Å². The maximum absolute atomic E-state index is 6.36. The van der Waals surface area contributed by atoms with Crippen LogP contribution in [0.15, 0.2) is 29.0 Å². The molecule has 4 heteroatoms. The van der Waals surface area contributed by atoms with Gasteiger partial charge in [-0.1, -0.05) is 12.5 Å². The molecule has 1 aromatic carbocycles. The fraction of sp³-hybridized carbons (Fsp3) is 0.462. The Labute approximate surface area is 100.0 Å². The maximum Gasteiger partial charge on any atom is 0.181 e. The van der Waals surface area contributed by atoms with E-state index in [0.717, 1.165) is 29.5 Å². The van der Waals surface area contributed by atoms with Gasteiger partial charge in [0.25, 0.3) is 0 Å². The fourth-order valence-electron chi connectivity index (χ4n) is 2.69. The van der Waals surface area contributed by atoms with Crippen LogP contribution in [-0.4, -0.2) is 11.5 Å². The van der Waals surface area contributed by atoms with Crippen LogP contribution < -0.4 is 11.5 Å². The Hall–Kier alpha value is -1.39. The molecule has 1 aliphatic carbocycles. The van der Waals surface area contributed by atoms with Crippen LogP contribution in [0, 0.1) is 5.41 Å². The number of nitrogens with two attached hydrogens (primary N) is 2. The van der Waals surface area contributed by atoms with Gasteiger partial charge in [0.1, 0.15) is 5.52 Å². The molecule has 1 heterocycles. The first kappa shape index (κ1) is 10.7. The molecule has 1 fully saturated rings. The summed E-state index contributed by atoms with van der Waals surface area (Å²) in [5.41, 5.74) is 15.1. The number of nitrogens with zero attached hydrogens (tertiary/aromatic N) is 1. The average Bonchev–Trinajstić information content (AvgIpc) is 2.74. The molecule has 0 radical (unpaired) electrons. The molecule has 1 atom stereocenters. The van der Waals surface area contributed by atoms with Gasteiger partial charge >= 0.3 is 0 Å². The molecule has 1 unspecified atom stereocenters. The quantitative estimate of drug-likeness (QED) is 0.846. The van der Waals surface area contributed by atoms with E-state index in [1.165, 1.54) is 12.8 Å². The van der Waals surface area contributed by atoms with E-state index in [1.54, 1.807) is 0 Å². The monoisotopic (exact) mass is 231 g/mol. The number of benzene rings is 1. The van der Waals surface area contributed by atoms with Crippen molar-refractivity contribution in [3.8, 4) is 0 Å². The number of hydrogen-bond acceptors (Lipinski definition) is 4. The molecule has 90 valence electrons. The summed E-state index contributed by atoms with van der Waals surface area (Å²) in [6.07, 6.45) is 4.94. The predicted molar refractivity (Wildman–Crippen MR) is 66.3 cm³/mol. The summed E-state index contributed by atoms with van der Waals surface area (Å²) >= 11 is 0. The molecular formula is C13H17N3O. The molecule has 4 nitrogen and oxygen atoms in total. The summed E-state index contributed by atoms with van der Waals surface area (Å²) in [7, 11) is 0. The lowest BCUT2D eigenvalue weighted by atomic mass is 9.63. The zero-order valence-electron chi connectivity index (χ0n) is 9.73. The minimum absolute atomic E-state index is 0.00394. The third-order valence-electron chi connectivity index (χ3n) is 4.13. The Bertz CT molecular complexity index is 525. The topological polar surface area (TPSA) is 78.1 Å². The van der Waals surface area contributed by atoms with E-state index in [4.69, 9.17) is 15.9 Å². The summed E-state index contributed by atoms with van der Waals surface area (Å²) in [4.78, 5) is 4.10. The second-order valence-electron chi connectivity index (χ2n) is 4.98. The summed E-state index contributed by atoms with van der Waals surface area (Å²) < 4.78 is 5.31. The summed E-state index contributed by atoms with van der Waals surface area (Å²) in [5.74, 6) is 0. The van der Waals surface area contributed by atoms with E-state index in [-0.39, 0.29) is 11.5 Å². The van der Waals surface area contributed by atoms with Gasteiger partial charge in [0.2, 0.25) is 0 Å². The standard InChI is InChI=1S/C13H17N3O/c14-7-13(4-1-5-13)12(15)9-2-3-10-11(6-9)17-8-16-10/h2-3,6,8,12H,1,4-5,7,14-15H2. The first-order valence-electron chi connectivity index (χ1n) is 6.04. The van der Waals surface area contributed by atoms with Gasteiger partial charge < -0.3 is 15.9 Å². The van der Waals surface area contributed by atoms with E-state index in [1.807, 2.05) is 18.2 Å². The van der Waals surface area contributed by atoms with Crippen molar-refractivity contribution in [2.75, 3.05) is 6.54 Å². The summed E-state index contributed by atoms with van der Waals surface area (Å²) in [6.45, 7) is 0.655. The van der Waals surface area contributed by atoms with Crippen LogP contribution in [0.25, 0.3) is 11.1 Å². The normalized spacial score (nSPS) is 20.1.